The van der Waals surface area contributed by atoms with Crippen LogP contribution in [0.4, 0.5) is 0 Å². The van der Waals surface area contributed by atoms with Crippen LogP contribution in [0.25, 0.3) is 11.1 Å². The largest absolute Gasteiger partial charge is 0.440 e. The first kappa shape index (κ1) is 10.8. The van der Waals surface area contributed by atoms with Gasteiger partial charge in [0.2, 0.25) is 0 Å². The Morgan fingerprint density at radius 1 is 1.47 bits per heavy atom. The fourth-order valence-electron chi connectivity index (χ4n) is 2.23. The van der Waals surface area contributed by atoms with Crippen molar-refractivity contribution in [1.82, 2.24) is 4.98 Å². The van der Waals surface area contributed by atoms with Gasteiger partial charge in [0, 0.05) is 5.92 Å². The van der Waals surface area contributed by atoms with Crippen LogP contribution < -0.4 is 5.73 Å². The zero-order valence-electron chi connectivity index (χ0n) is 10.1. The standard InChI is InChI=1S/C14H18N2O/c1-9(8-15)11-5-6-13-12(7-11)16-14(17-13)10-3-2-4-10/h5-7,9-10H,2-4,8,15H2,1H3. The molecule has 2 aromatic rings. The second kappa shape index (κ2) is 4.15. The molecule has 1 aromatic heterocycles. The molecule has 1 fully saturated rings. The Bertz CT molecular complexity index is 525. The van der Waals surface area contributed by atoms with E-state index in [4.69, 9.17) is 10.2 Å². The van der Waals surface area contributed by atoms with Gasteiger partial charge < -0.3 is 10.2 Å². The van der Waals surface area contributed by atoms with Gasteiger partial charge in [-0.1, -0.05) is 19.4 Å². The summed E-state index contributed by atoms with van der Waals surface area (Å²) < 4.78 is 5.80. The molecule has 0 saturated heterocycles. The fraction of sp³-hybridized carbons (Fsp3) is 0.500. The van der Waals surface area contributed by atoms with Crippen LogP contribution in [0, 0.1) is 0 Å². The maximum Gasteiger partial charge on any atom is 0.198 e. The molecule has 0 aliphatic heterocycles. The Labute approximate surface area is 101 Å². The van der Waals surface area contributed by atoms with Crippen molar-refractivity contribution in [1.29, 1.82) is 0 Å². The van der Waals surface area contributed by atoms with Crippen molar-refractivity contribution in [3.63, 3.8) is 0 Å². The van der Waals surface area contributed by atoms with Gasteiger partial charge in [-0.2, -0.15) is 0 Å². The Morgan fingerprint density at radius 2 is 2.29 bits per heavy atom. The maximum absolute atomic E-state index is 5.80. The van der Waals surface area contributed by atoms with Crippen LogP contribution in [-0.4, -0.2) is 11.5 Å². The van der Waals surface area contributed by atoms with Crippen LogP contribution in [0.5, 0.6) is 0 Å². The second-order valence-corrected chi connectivity index (χ2v) is 5.04. The van der Waals surface area contributed by atoms with E-state index in [9.17, 15) is 0 Å². The smallest absolute Gasteiger partial charge is 0.198 e. The monoisotopic (exact) mass is 230 g/mol. The number of hydrogen-bond acceptors (Lipinski definition) is 3. The summed E-state index contributed by atoms with van der Waals surface area (Å²) in [4.78, 5) is 4.60. The van der Waals surface area contributed by atoms with Gasteiger partial charge in [-0.3, -0.25) is 0 Å². The number of fused-ring (bicyclic) bond motifs is 1. The van der Waals surface area contributed by atoms with Crippen LogP contribution in [0.3, 0.4) is 0 Å². The highest BCUT2D eigenvalue weighted by Gasteiger charge is 2.24. The van der Waals surface area contributed by atoms with Crippen molar-refractivity contribution in [3.05, 3.63) is 29.7 Å². The summed E-state index contributed by atoms with van der Waals surface area (Å²) in [7, 11) is 0. The van der Waals surface area contributed by atoms with E-state index in [1.807, 2.05) is 6.07 Å². The predicted molar refractivity (Wildman–Crippen MR) is 68.1 cm³/mol. The quantitative estimate of drug-likeness (QED) is 0.881. The molecule has 0 radical (unpaired) electrons. The summed E-state index contributed by atoms with van der Waals surface area (Å²) in [6.45, 7) is 2.80. The van der Waals surface area contributed by atoms with Gasteiger partial charge >= 0.3 is 0 Å². The third-order valence-electron chi connectivity index (χ3n) is 3.81. The van der Waals surface area contributed by atoms with Gasteiger partial charge in [0.05, 0.1) is 0 Å². The first-order valence-electron chi connectivity index (χ1n) is 6.38. The van der Waals surface area contributed by atoms with Gasteiger partial charge in [0.15, 0.2) is 11.5 Å². The van der Waals surface area contributed by atoms with Crippen molar-refractivity contribution in [3.8, 4) is 0 Å². The minimum atomic E-state index is 0.378. The highest BCUT2D eigenvalue weighted by molar-refractivity contribution is 5.73. The molecule has 1 atom stereocenters. The van der Waals surface area contributed by atoms with Crippen molar-refractivity contribution in [2.45, 2.75) is 38.0 Å². The minimum absolute atomic E-state index is 0.378. The van der Waals surface area contributed by atoms with Gasteiger partial charge in [-0.25, -0.2) is 4.98 Å². The normalized spacial score (nSPS) is 18.2. The van der Waals surface area contributed by atoms with Gasteiger partial charge in [-0.05, 0) is 43.0 Å². The molecular weight excluding hydrogens is 212 g/mol. The Hall–Kier alpha value is -1.35. The molecule has 17 heavy (non-hydrogen) atoms. The third kappa shape index (κ3) is 1.84. The van der Waals surface area contributed by atoms with Gasteiger partial charge in [-0.15, -0.1) is 0 Å². The summed E-state index contributed by atoms with van der Waals surface area (Å²) in [5, 5.41) is 0. The lowest BCUT2D eigenvalue weighted by Gasteiger charge is -2.21. The van der Waals surface area contributed by atoms with Crippen molar-refractivity contribution >= 4 is 11.1 Å². The average Bonchev–Trinajstić information content (AvgIpc) is 2.67. The SMILES string of the molecule is CC(CN)c1ccc2oc(C3CCC3)nc2c1. The Morgan fingerprint density at radius 3 is 2.94 bits per heavy atom. The zero-order chi connectivity index (χ0) is 11.8. The lowest BCUT2D eigenvalue weighted by Crippen LogP contribution is -2.09. The van der Waals surface area contributed by atoms with E-state index in [0.717, 1.165) is 17.0 Å². The lowest BCUT2D eigenvalue weighted by atomic mass is 9.85. The average molecular weight is 230 g/mol. The number of aromatic nitrogens is 1. The molecule has 3 rings (SSSR count). The number of nitrogens with two attached hydrogens (primary N) is 1. The van der Waals surface area contributed by atoms with E-state index in [1.165, 1.54) is 24.8 Å². The Kier molecular flexibility index (Phi) is 2.63. The summed E-state index contributed by atoms with van der Waals surface area (Å²) >= 11 is 0. The molecule has 1 saturated carbocycles. The van der Waals surface area contributed by atoms with Crippen molar-refractivity contribution in [2.75, 3.05) is 6.54 Å². The topological polar surface area (TPSA) is 52.0 Å². The number of nitrogens with zero attached hydrogens (tertiary/aromatic N) is 1. The van der Waals surface area contributed by atoms with Crippen molar-refractivity contribution < 1.29 is 4.42 Å². The Balaban J connectivity index is 1.98. The number of oxazole rings is 1. The third-order valence-corrected chi connectivity index (χ3v) is 3.81. The molecule has 3 nitrogen and oxygen atoms in total. The van der Waals surface area contributed by atoms with Crippen LogP contribution in [0.2, 0.25) is 0 Å². The lowest BCUT2D eigenvalue weighted by molar-refractivity contribution is 0.344. The highest BCUT2D eigenvalue weighted by Crippen LogP contribution is 2.37. The molecule has 90 valence electrons. The number of benzene rings is 1. The van der Waals surface area contributed by atoms with E-state index in [1.54, 1.807) is 0 Å². The summed E-state index contributed by atoms with van der Waals surface area (Å²) in [6, 6.07) is 6.22. The summed E-state index contributed by atoms with van der Waals surface area (Å²) in [5.74, 6) is 1.85. The second-order valence-electron chi connectivity index (χ2n) is 5.04. The number of hydrogen-bond donors (Lipinski definition) is 1. The van der Waals surface area contributed by atoms with E-state index in [2.05, 4.69) is 24.0 Å². The van der Waals surface area contributed by atoms with E-state index in [0.29, 0.717) is 18.4 Å². The van der Waals surface area contributed by atoms with Crippen LogP contribution in [0.1, 0.15) is 49.5 Å². The molecule has 1 aliphatic rings. The van der Waals surface area contributed by atoms with Crippen molar-refractivity contribution in [2.24, 2.45) is 5.73 Å². The fourth-order valence-corrected chi connectivity index (χ4v) is 2.23. The van der Waals surface area contributed by atoms with Gasteiger partial charge in [0.1, 0.15) is 5.52 Å². The molecule has 0 spiro atoms. The molecule has 0 bridgehead atoms. The zero-order valence-corrected chi connectivity index (χ0v) is 10.1. The molecular formula is C14H18N2O. The summed E-state index contributed by atoms with van der Waals surface area (Å²) in [6.07, 6.45) is 3.75. The number of rotatable bonds is 3. The molecule has 3 heteroatoms. The molecule has 0 amide bonds. The highest BCUT2D eigenvalue weighted by atomic mass is 16.3. The van der Waals surface area contributed by atoms with Gasteiger partial charge in [0.25, 0.3) is 0 Å². The molecule has 1 heterocycles. The van der Waals surface area contributed by atoms with E-state index >= 15 is 0 Å². The molecule has 1 unspecified atom stereocenters. The molecule has 1 aliphatic carbocycles. The summed E-state index contributed by atoms with van der Waals surface area (Å²) in [5.41, 5.74) is 8.81. The maximum atomic E-state index is 5.80. The van der Waals surface area contributed by atoms with Crippen LogP contribution in [0.15, 0.2) is 22.6 Å². The van der Waals surface area contributed by atoms with Crippen LogP contribution in [-0.2, 0) is 0 Å². The predicted octanol–water partition coefficient (Wildman–Crippen LogP) is 3.16. The van der Waals surface area contributed by atoms with Crippen LogP contribution >= 0.6 is 0 Å². The molecule has 1 aromatic carbocycles. The first-order chi connectivity index (χ1) is 8.28. The van der Waals surface area contributed by atoms with E-state index < -0.39 is 0 Å². The first-order valence-corrected chi connectivity index (χ1v) is 6.38. The van der Waals surface area contributed by atoms with E-state index in [-0.39, 0.29) is 0 Å². The molecule has 2 N–H and O–H groups in total. The minimum Gasteiger partial charge on any atom is -0.440 e.